The van der Waals surface area contributed by atoms with Crippen molar-refractivity contribution in [2.24, 2.45) is 0 Å². The third-order valence-electron chi connectivity index (χ3n) is 6.04. The zero-order valence-corrected chi connectivity index (χ0v) is 18.4. The van der Waals surface area contributed by atoms with Gasteiger partial charge in [0, 0.05) is 5.56 Å². The third-order valence-corrected chi connectivity index (χ3v) is 6.04. The fourth-order valence-corrected chi connectivity index (χ4v) is 4.31. The minimum absolute atomic E-state index is 0.0512. The van der Waals surface area contributed by atoms with Crippen LogP contribution in [0.25, 0.3) is 16.8 Å². The van der Waals surface area contributed by atoms with Gasteiger partial charge in [-0.15, -0.1) is 0 Å². The van der Waals surface area contributed by atoms with Gasteiger partial charge in [0.1, 0.15) is 5.76 Å². The van der Waals surface area contributed by atoms with Crippen LogP contribution in [0.5, 0.6) is 0 Å². The standard InChI is InChI=1S/C27H23N3O3/c1-3-17-11-13-18(14-12-17)24(31)22-23(19-8-6-7-16(2)15-19)30(26(33)25(22)32)27-28-20-9-4-5-10-21(20)29-27/h4-15,23,31H,3H2,1-2H3,(H,28,29)/b24-22+. The molecule has 1 amide bonds. The molecule has 33 heavy (non-hydrogen) atoms. The van der Waals surface area contributed by atoms with Gasteiger partial charge in [0.25, 0.3) is 5.78 Å². The number of Topliss-reactive ketones (excluding diaryl/α,β-unsaturated/α-hetero) is 1. The number of nitrogens with zero attached hydrogens (tertiary/aromatic N) is 2. The van der Waals surface area contributed by atoms with Gasteiger partial charge in [-0.2, -0.15) is 0 Å². The maximum atomic E-state index is 13.3. The molecule has 0 aliphatic carbocycles. The first kappa shape index (κ1) is 20.7. The van der Waals surface area contributed by atoms with E-state index in [1.165, 1.54) is 4.90 Å². The second kappa shape index (κ2) is 8.06. The van der Waals surface area contributed by atoms with Crippen molar-refractivity contribution in [3.8, 4) is 0 Å². The van der Waals surface area contributed by atoms with Crippen LogP contribution in [0.15, 0.2) is 78.4 Å². The van der Waals surface area contributed by atoms with Crippen molar-refractivity contribution in [2.75, 3.05) is 4.90 Å². The Balaban J connectivity index is 1.72. The second-order valence-corrected chi connectivity index (χ2v) is 8.21. The largest absolute Gasteiger partial charge is 0.507 e. The normalized spacial score (nSPS) is 17.8. The predicted molar refractivity (Wildman–Crippen MR) is 128 cm³/mol. The fourth-order valence-electron chi connectivity index (χ4n) is 4.31. The van der Waals surface area contributed by atoms with E-state index < -0.39 is 17.7 Å². The van der Waals surface area contributed by atoms with Gasteiger partial charge in [0.2, 0.25) is 5.95 Å². The zero-order valence-electron chi connectivity index (χ0n) is 18.4. The summed E-state index contributed by atoms with van der Waals surface area (Å²) in [6.07, 6.45) is 0.862. The molecule has 0 saturated carbocycles. The lowest BCUT2D eigenvalue weighted by molar-refractivity contribution is -0.132. The van der Waals surface area contributed by atoms with E-state index in [0.29, 0.717) is 11.1 Å². The van der Waals surface area contributed by atoms with Gasteiger partial charge in [-0.1, -0.05) is 73.2 Å². The number of anilines is 1. The molecule has 6 heteroatoms. The lowest BCUT2D eigenvalue weighted by atomic mass is 9.94. The molecular weight excluding hydrogens is 414 g/mol. The van der Waals surface area contributed by atoms with Gasteiger partial charge in [0.15, 0.2) is 0 Å². The highest BCUT2D eigenvalue weighted by molar-refractivity contribution is 6.51. The van der Waals surface area contributed by atoms with Crippen LogP contribution in [0.4, 0.5) is 5.95 Å². The summed E-state index contributed by atoms with van der Waals surface area (Å²) in [7, 11) is 0. The van der Waals surface area contributed by atoms with Crippen molar-refractivity contribution in [3.63, 3.8) is 0 Å². The average molecular weight is 437 g/mol. The summed E-state index contributed by atoms with van der Waals surface area (Å²) < 4.78 is 0. The van der Waals surface area contributed by atoms with Crippen molar-refractivity contribution in [2.45, 2.75) is 26.3 Å². The Labute approximate surface area is 191 Å². The summed E-state index contributed by atoms with van der Waals surface area (Å²) in [5.74, 6) is -1.39. The number of aromatic nitrogens is 2. The molecule has 1 aliphatic heterocycles. The summed E-state index contributed by atoms with van der Waals surface area (Å²) in [6.45, 7) is 3.99. The van der Waals surface area contributed by atoms with E-state index in [9.17, 15) is 14.7 Å². The Morgan fingerprint density at radius 1 is 1.03 bits per heavy atom. The van der Waals surface area contributed by atoms with Gasteiger partial charge >= 0.3 is 5.91 Å². The number of rotatable bonds is 4. The molecule has 6 nitrogen and oxygen atoms in total. The molecule has 1 atom stereocenters. The molecule has 1 unspecified atom stereocenters. The van der Waals surface area contributed by atoms with E-state index in [1.54, 1.807) is 12.1 Å². The number of imidazole rings is 1. The summed E-state index contributed by atoms with van der Waals surface area (Å²) in [5.41, 5.74) is 4.81. The predicted octanol–water partition coefficient (Wildman–Crippen LogP) is 5.06. The number of benzene rings is 3. The van der Waals surface area contributed by atoms with E-state index in [0.717, 1.165) is 28.6 Å². The monoisotopic (exact) mass is 437 g/mol. The molecule has 3 aromatic carbocycles. The minimum atomic E-state index is -0.809. The first-order chi connectivity index (χ1) is 16.0. The van der Waals surface area contributed by atoms with Gasteiger partial charge < -0.3 is 10.1 Å². The molecule has 1 saturated heterocycles. The minimum Gasteiger partial charge on any atom is -0.507 e. The van der Waals surface area contributed by atoms with Crippen molar-refractivity contribution >= 4 is 34.4 Å². The molecule has 164 valence electrons. The van der Waals surface area contributed by atoms with Gasteiger partial charge in [-0.05, 0) is 36.6 Å². The quantitative estimate of drug-likeness (QED) is 0.265. The molecule has 0 radical (unpaired) electrons. The van der Waals surface area contributed by atoms with E-state index in [1.807, 2.05) is 74.5 Å². The third kappa shape index (κ3) is 3.49. The van der Waals surface area contributed by atoms with E-state index >= 15 is 0 Å². The van der Waals surface area contributed by atoms with E-state index in [4.69, 9.17) is 0 Å². The number of aliphatic hydroxyl groups is 1. The number of aromatic amines is 1. The summed E-state index contributed by atoms with van der Waals surface area (Å²) in [6, 6.07) is 21.6. The highest BCUT2D eigenvalue weighted by Crippen LogP contribution is 2.41. The van der Waals surface area contributed by atoms with Crippen LogP contribution >= 0.6 is 0 Å². The number of fused-ring (bicyclic) bond motifs is 1. The lowest BCUT2D eigenvalue weighted by Crippen LogP contribution is -2.30. The molecule has 1 aliphatic rings. The number of amides is 1. The lowest BCUT2D eigenvalue weighted by Gasteiger charge is -2.23. The number of aryl methyl sites for hydroxylation is 2. The number of para-hydroxylation sites is 2. The van der Waals surface area contributed by atoms with Crippen LogP contribution < -0.4 is 4.90 Å². The number of H-pyrrole nitrogens is 1. The zero-order chi connectivity index (χ0) is 23.1. The highest BCUT2D eigenvalue weighted by Gasteiger charge is 2.48. The first-order valence-corrected chi connectivity index (χ1v) is 10.9. The van der Waals surface area contributed by atoms with Gasteiger partial charge in [0.05, 0.1) is 22.6 Å². The fraction of sp³-hybridized carbons (Fsp3) is 0.148. The topological polar surface area (TPSA) is 86.3 Å². The number of ketones is 1. The summed E-state index contributed by atoms with van der Waals surface area (Å²) >= 11 is 0. The number of hydrogen-bond acceptors (Lipinski definition) is 4. The van der Waals surface area contributed by atoms with Crippen LogP contribution in [0.3, 0.4) is 0 Å². The number of hydrogen-bond donors (Lipinski definition) is 2. The second-order valence-electron chi connectivity index (χ2n) is 8.21. The molecule has 0 spiro atoms. The molecule has 1 aromatic heterocycles. The number of aliphatic hydroxyl groups excluding tert-OH is 1. The number of nitrogens with one attached hydrogen (secondary N) is 1. The van der Waals surface area contributed by atoms with Crippen LogP contribution in [0.2, 0.25) is 0 Å². The summed E-state index contributed by atoms with van der Waals surface area (Å²) in [5, 5.41) is 11.2. The van der Waals surface area contributed by atoms with Crippen LogP contribution in [0, 0.1) is 6.92 Å². The number of carbonyl (C=O) groups excluding carboxylic acids is 2. The Kier molecular flexibility index (Phi) is 5.05. The highest BCUT2D eigenvalue weighted by atomic mass is 16.3. The van der Waals surface area contributed by atoms with E-state index in [-0.39, 0.29) is 17.3 Å². The van der Waals surface area contributed by atoms with Crippen molar-refractivity contribution < 1.29 is 14.7 Å². The van der Waals surface area contributed by atoms with Crippen LogP contribution in [0.1, 0.15) is 35.2 Å². The van der Waals surface area contributed by atoms with Crippen LogP contribution in [-0.4, -0.2) is 26.8 Å². The summed E-state index contributed by atoms with van der Waals surface area (Å²) in [4.78, 5) is 35.6. The van der Waals surface area contributed by atoms with Gasteiger partial charge in [-0.3, -0.25) is 14.5 Å². The van der Waals surface area contributed by atoms with E-state index in [2.05, 4.69) is 9.97 Å². The molecule has 1 fully saturated rings. The van der Waals surface area contributed by atoms with Crippen LogP contribution in [-0.2, 0) is 16.0 Å². The Morgan fingerprint density at radius 3 is 2.48 bits per heavy atom. The van der Waals surface area contributed by atoms with Gasteiger partial charge in [-0.25, -0.2) is 4.98 Å². The molecular formula is C27H23N3O3. The molecule has 0 bridgehead atoms. The maximum Gasteiger partial charge on any atom is 0.302 e. The first-order valence-electron chi connectivity index (χ1n) is 10.9. The van der Waals surface area contributed by atoms with Crippen molar-refractivity contribution in [3.05, 3.63) is 101 Å². The average Bonchev–Trinajstić information content (AvgIpc) is 3.37. The Hall–Kier alpha value is -4.19. The maximum absolute atomic E-state index is 13.3. The smallest absolute Gasteiger partial charge is 0.302 e. The Bertz CT molecular complexity index is 1380. The molecule has 4 aromatic rings. The molecule has 5 rings (SSSR count). The Morgan fingerprint density at radius 2 is 1.79 bits per heavy atom. The van der Waals surface area contributed by atoms with Crippen molar-refractivity contribution in [1.82, 2.24) is 9.97 Å². The SMILES string of the molecule is CCc1ccc(/C(O)=C2\C(=O)C(=O)N(c3nc4ccccc4[nH]3)C2c2cccc(C)c2)cc1. The molecule has 2 heterocycles. The number of carbonyl (C=O) groups is 2. The molecule has 2 N–H and O–H groups in total. The van der Waals surface area contributed by atoms with Crippen molar-refractivity contribution in [1.29, 1.82) is 0 Å².